The van der Waals surface area contributed by atoms with Crippen LogP contribution in [-0.4, -0.2) is 33.3 Å². The lowest BCUT2D eigenvalue weighted by Crippen LogP contribution is -2.43. The molecular formula is C11H15Cl3N2O. The van der Waals surface area contributed by atoms with Gasteiger partial charge in [0, 0.05) is 32.2 Å². The van der Waals surface area contributed by atoms with Gasteiger partial charge in [-0.05, 0) is 6.07 Å². The number of rotatable bonds is 2. The molecule has 1 fully saturated rings. The highest BCUT2D eigenvalue weighted by molar-refractivity contribution is 6.37. The molecule has 0 amide bonds. The summed E-state index contributed by atoms with van der Waals surface area (Å²) in [7, 11) is 1.61. The number of anilines is 1. The van der Waals surface area contributed by atoms with Gasteiger partial charge in [-0.2, -0.15) is 0 Å². The minimum absolute atomic E-state index is 0. The Morgan fingerprint density at radius 2 is 1.82 bits per heavy atom. The van der Waals surface area contributed by atoms with Gasteiger partial charge in [0.25, 0.3) is 0 Å². The van der Waals surface area contributed by atoms with Gasteiger partial charge in [0.05, 0.1) is 22.8 Å². The maximum absolute atomic E-state index is 6.19. The highest BCUT2D eigenvalue weighted by atomic mass is 35.5. The van der Waals surface area contributed by atoms with E-state index in [1.807, 2.05) is 6.07 Å². The maximum atomic E-state index is 6.19. The van der Waals surface area contributed by atoms with E-state index < -0.39 is 0 Å². The SMILES string of the molecule is COc1cc(N2CCNCC2)c(Cl)cc1Cl.Cl. The summed E-state index contributed by atoms with van der Waals surface area (Å²) in [6.45, 7) is 3.84. The van der Waals surface area contributed by atoms with E-state index in [-0.39, 0.29) is 12.4 Å². The molecule has 0 atom stereocenters. The van der Waals surface area contributed by atoms with Crippen molar-refractivity contribution in [3.05, 3.63) is 22.2 Å². The summed E-state index contributed by atoms with van der Waals surface area (Å²) in [5.41, 5.74) is 0.990. The molecule has 0 aliphatic carbocycles. The fourth-order valence-electron chi connectivity index (χ4n) is 1.82. The maximum Gasteiger partial charge on any atom is 0.139 e. The van der Waals surface area contributed by atoms with Crippen LogP contribution in [0.15, 0.2) is 12.1 Å². The first-order valence-corrected chi connectivity index (χ1v) is 5.96. The summed E-state index contributed by atoms with van der Waals surface area (Å²) in [5, 5.41) is 4.52. The molecule has 0 unspecified atom stereocenters. The van der Waals surface area contributed by atoms with Gasteiger partial charge in [0.1, 0.15) is 5.75 Å². The minimum Gasteiger partial charge on any atom is -0.495 e. The summed E-state index contributed by atoms with van der Waals surface area (Å²) < 4.78 is 5.20. The Morgan fingerprint density at radius 1 is 1.18 bits per heavy atom. The molecule has 1 saturated heterocycles. The second kappa shape index (κ2) is 6.55. The van der Waals surface area contributed by atoms with Crippen molar-refractivity contribution in [1.82, 2.24) is 5.32 Å². The molecule has 2 rings (SSSR count). The largest absolute Gasteiger partial charge is 0.495 e. The van der Waals surface area contributed by atoms with Crippen LogP contribution in [0.4, 0.5) is 5.69 Å². The van der Waals surface area contributed by atoms with Gasteiger partial charge in [-0.25, -0.2) is 0 Å². The number of hydrogen-bond donors (Lipinski definition) is 1. The number of halogens is 3. The molecule has 1 aliphatic rings. The van der Waals surface area contributed by atoms with Crippen molar-refractivity contribution in [2.75, 3.05) is 38.2 Å². The van der Waals surface area contributed by atoms with Crippen molar-refractivity contribution in [2.24, 2.45) is 0 Å². The predicted molar refractivity (Wildman–Crippen MR) is 75.3 cm³/mol. The van der Waals surface area contributed by atoms with E-state index in [2.05, 4.69) is 10.2 Å². The first-order valence-electron chi connectivity index (χ1n) is 5.21. The predicted octanol–water partition coefficient (Wildman–Crippen LogP) is 2.83. The zero-order valence-corrected chi connectivity index (χ0v) is 11.8. The molecule has 0 radical (unpaired) electrons. The Morgan fingerprint density at radius 3 is 2.41 bits per heavy atom. The lowest BCUT2D eigenvalue weighted by atomic mass is 10.2. The van der Waals surface area contributed by atoms with Crippen LogP contribution in [0.3, 0.4) is 0 Å². The van der Waals surface area contributed by atoms with Crippen molar-refractivity contribution < 1.29 is 4.74 Å². The van der Waals surface area contributed by atoms with Gasteiger partial charge in [0.15, 0.2) is 0 Å². The third kappa shape index (κ3) is 3.32. The lowest BCUT2D eigenvalue weighted by molar-refractivity contribution is 0.415. The van der Waals surface area contributed by atoms with Gasteiger partial charge in [0.2, 0.25) is 0 Å². The highest BCUT2D eigenvalue weighted by Crippen LogP contribution is 2.36. The molecule has 1 N–H and O–H groups in total. The zero-order chi connectivity index (χ0) is 11.5. The van der Waals surface area contributed by atoms with Crippen LogP contribution < -0.4 is 15.0 Å². The second-order valence-electron chi connectivity index (χ2n) is 3.68. The number of nitrogens with one attached hydrogen (secondary N) is 1. The van der Waals surface area contributed by atoms with E-state index >= 15 is 0 Å². The molecule has 1 aromatic rings. The van der Waals surface area contributed by atoms with E-state index in [9.17, 15) is 0 Å². The van der Waals surface area contributed by atoms with Crippen LogP contribution in [0, 0.1) is 0 Å². The Balaban J connectivity index is 0.00000144. The summed E-state index contributed by atoms with van der Waals surface area (Å²) >= 11 is 12.2. The third-order valence-electron chi connectivity index (χ3n) is 2.68. The number of methoxy groups -OCH3 is 1. The molecule has 3 nitrogen and oxygen atoms in total. The Hall–Kier alpha value is -0.350. The molecule has 6 heteroatoms. The molecule has 96 valence electrons. The molecule has 1 aliphatic heterocycles. The van der Waals surface area contributed by atoms with Crippen molar-refractivity contribution >= 4 is 41.3 Å². The fourth-order valence-corrected chi connectivity index (χ4v) is 2.40. The van der Waals surface area contributed by atoms with Crippen LogP contribution in [0.25, 0.3) is 0 Å². The molecule has 0 saturated carbocycles. The van der Waals surface area contributed by atoms with Crippen LogP contribution in [0.5, 0.6) is 5.75 Å². The lowest BCUT2D eigenvalue weighted by Gasteiger charge is -2.30. The molecule has 0 aromatic heterocycles. The fraction of sp³-hybridized carbons (Fsp3) is 0.455. The van der Waals surface area contributed by atoms with Crippen molar-refractivity contribution in [1.29, 1.82) is 0 Å². The van der Waals surface area contributed by atoms with E-state index in [0.29, 0.717) is 15.8 Å². The van der Waals surface area contributed by atoms with E-state index in [4.69, 9.17) is 27.9 Å². The molecule has 17 heavy (non-hydrogen) atoms. The first kappa shape index (κ1) is 14.7. The highest BCUT2D eigenvalue weighted by Gasteiger charge is 2.16. The van der Waals surface area contributed by atoms with Crippen LogP contribution in [0.1, 0.15) is 0 Å². The van der Waals surface area contributed by atoms with Crippen LogP contribution >= 0.6 is 35.6 Å². The van der Waals surface area contributed by atoms with E-state index in [1.54, 1.807) is 13.2 Å². The average Bonchev–Trinajstić information content (AvgIpc) is 2.30. The Labute approximate surface area is 117 Å². The quantitative estimate of drug-likeness (QED) is 0.908. The van der Waals surface area contributed by atoms with Crippen LogP contribution in [-0.2, 0) is 0 Å². The summed E-state index contributed by atoms with van der Waals surface area (Å²) in [6.07, 6.45) is 0. The number of piperazine rings is 1. The third-order valence-corrected chi connectivity index (χ3v) is 3.28. The van der Waals surface area contributed by atoms with Crippen molar-refractivity contribution in [3.63, 3.8) is 0 Å². The van der Waals surface area contributed by atoms with E-state index in [0.717, 1.165) is 31.9 Å². The first-order chi connectivity index (χ1) is 7.72. The smallest absolute Gasteiger partial charge is 0.139 e. The molecular weight excluding hydrogens is 282 g/mol. The number of ether oxygens (including phenoxy) is 1. The normalized spacial score (nSPS) is 15.4. The number of benzene rings is 1. The molecule has 0 spiro atoms. The van der Waals surface area contributed by atoms with Gasteiger partial charge >= 0.3 is 0 Å². The van der Waals surface area contributed by atoms with Crippen molar-refractivity contribution in [2.45, 2.75) is 0 Å². The standard InChI is InChI=1S/C11H14Cl2N2O.ClH/c1-16-11-7-10(8(12)6-9(11)13)15-4-2-14-3-5-15;/h6-7,14H,2-5H2,1H3;1H. The second-order valence-corrected chi connectivity index (χ2v) is 4.49. The molecule has 1 aromatic carbocycles. The molecule has 1 heterocycles. The summed E-state index contributed by atoms with van der Waals surface area (Å²) in [5.74, 6) is 0.666. The summed E-state index contributed by atoms with van der Waals surface area (Å²) in [6, 6.07) is 3.63. The Bertz CT molecular complexity index is 381. The average molecular weight is 298 g/mol. The minimum atomic E-state index is 0. The van der Waals surface area contributed by atoms with Gasteiger partial charge in [-0.15, -0.1) is 12.4 Å². The van der Waals surface area contributed by atoms with Crippen molar-refractivity contribution in [3.8, 4) is 5.75 Å². The Kier molecular flexibility index (Phi) is 5.67. The van der Waals surface area contributed by atoms with Gasteiger partial charge in [-0.3, -0.25) is 0 Å². The number of hydrogen-bond acceptors (Lipinski definition) is 3. The van der Waals surface area contributed by atoms with Crippen LogP contribution in [0.2, 0.25) is 10.0 Å². The number of nitrogens with zero attached hydrogens (tertiary/aromatic N) is 1. The van der Waals surface area contributed by atoms with E-state index in [1.165, 1.54) is 0 Å². The summed E-state index contributed by atoms with van der Waals surface area (Å²) in [4.78, 5) is 2.23. The molecule has 0 bridgehead atoms. The topological polar surface area (TPSA) is 24.5 Å². The zero-order valence-electron chi connectivity index (χ0n) is 9.50. The monoisotopic (exact) mass is 296 g/mol. The van der Waals surface area contributed by atoms with Gasteiger partial charge in [-0.1, -0.05) is 23.2 Å². The van der Waals surface area contributed by atoms with Gasteiger partial charge < -0.3 is 15.0 Å².